The molecule has 0 aliphatic heterocycles. The van der Waals surface area contributed by atoms with Crippen molar-refractivity contribution in [2.75, 3.05) is 0 Å². The Labute approximate surface area is 118 Å². The van der Waals surface area contributed by atoms with Crippen molar-refractivity contribution in [3.8, 4) is 17.1 Å². The molecular weight excluding hydrogens is 284 g/mol. The molecular formula is C11H9ClN6S. The predicted molar refractivity (Wildman–Crippen MR) is 73.8 cm³/mol. The van der Waals surface area contributed by atoms with Gasteiger partial charge in [0.05, 0.1) is 23.3 Å². The van der Waals surface area contributed by atoms with Gasteiger partial charge >= 0.3 is 0 Å². The first-order chi connectivity index (χ1) is 9.16. The number of aromatic nitrogens is 6. The van der Waals surface area contributed by atoms with Crippen LogP contribution in [0.1, 0.15) is 0 Å². The third-order valence-corrected chi connectivity index (χ3v) is 3.34. The van der Waals surface area contributed by atoms with Gasteiger partial charge in [-0.3, -0.25) is 5.10 Å². The van der Waals surface area contributed by atoms with Crippen LogP contribution in [0.2, 0.25) is 5.02 Å². The van der Waals surface area contributed by atoms with Gasteiger partial charge in [-0.25, -0.2) is 4.68 Å². The normalized spacial score (nSPS) is 10.8. The molecule has 1 N–H and O–H groups in total. The first-order valence-electron chi connectivity index (χ1n) is 5.46. The van der Waals surface area contributed by atoms with Gasteiger partial charge in [-0.2, -0.15) is 4.80 Å². The molecule has 2 heterocycles. The highest BCUT2D eigenvalue weighted by atomic mass is 35.5. The average molecular weight is 293 g/mol. The number of aryl methyl sites for hydroxylation is 1. The third kappa shape index (κ3) is 2.06. The lowest BCUT2D eigenvalue weighted by atomic mass is 10.3. The molecule has 0 bridgehead atoms. The van der Waals surface area contributed by atoms with E-state index in [9.17, 15) is 0 Å². The quantitative estimate of drug-likeness (QED) is 0.737. The summed E-state index contributed by atoms with van der Waals surface area (Å²) in [5.74, 6) is 0.481. The Hall–Kier alpha value is -1.99. The second-order valence-corrected chi connectivity index (χ2v) is 4.68. The van der Waals surface area contributed by atoms with Gasteiger partial charge < -0.3 is 0 Å². The molecule has 0 radical (unpaired) electrons. The maximum absolute atomic E-state index is 6.16. The number of para-hydroxylation sites is 1. The van der Waals surface area contributed by atoms with E-state index in [0.29, 0.717) is 21.1 Å². The highest BCUT2D eigenvalue weighted by Gasteiger charge is 2.12. The molecule has 1 aromatic carbocycles. The van der Waals surface area contributed by atoms with Crippen molar-refractivity contribution in [2.24, 2.45) is 7.05 Å². The second-order valence-electron chi connectivity index (χ2n) is 3.88. The molecule has 0 atom stereocenters. The number of benzene rings is 1. The van der Waals surface area contributed by atoms with Gasteiger partial charge in [0.15, 0.2) is 0 Å². The minimum atomic E-state index is 0.481. The van der Waals surface area contributed by atoms with Gasteiger partial charge in [0.1, 0.15) is 4.64 Å². The third-order valence-electron chi connectivity index (χ3n) is 2.61. The standard InChI is InChI=1S/C11H9ClN6S/c1-17-15-10(14-16-17)7-6-13-18(11(7)19)9-5-3-2-4-8(9)12/h2-6,13H,1H3. The van der Waals surface area contributed by atoms with Crippen LogP contribution < -0.4 is 0 Å². The zero-order chi connectivity index (χ0) is 13.4. The molecule has 0 aliphatic rings. The average Bonchev–Trinajstić information content (AvgIpc) is 2.97. The first-order valence-corrected chi connectivity index (χ1v) is 6.25. The Kier molecular flexibility index (Phi) is 2.92. The van der Waals surface area contributed by atoms with Crippen LogP contribution in [-0.2, 0) is 7.05 Å². The van der Waals surface area contributed by atoms with Crippen LogP contribution in [0.3, 0.4) is 0 Å². The van der Waals surface area contributed by atoms with Crippen molar-refractivity contribution < 1.29 is 0 Å². The monoisotopic (exact) mass is 292 g/mol. The molecule has 3 aromatic rings. The highest BCUT2D eigenvalue weighted by Crippen LogP contribution is 2.23. The number of aromatic amines is 1. The summed E-state index contributed by atoms with van der Waals surface area (Å²) < 4.78 is 2.27. The molecule has 0 saturated heterocycles. The van der Waals surface area contributed by atoms with E-state index in [1.54, 1.807) is 24.0 Å². The summed E-state index contributed by atoms with van der Waals surface area (Å²) in [5.41, 5.74) is 1.49. The number of tetrazole rings is 1. The van der Waals surface area contributed by atoms with Crippen molar-refractivity contribution in [3.05, 3.63) is 40.1 Å². The van der Waals surface area contributed by atoms with Crippen LogP contribution in [0.4, 0.5) is 0 Å². The van der Waals surface area contributed by atoms with Crippen molar-refractivity contribution >= 4 is 23.8 Å². The predicted octanol–water partition coefficient (Wildman–Crippen LogP) is 2.38. The summed E-state index contributed by atoms with van der Waals surface area (Å²) in [5, 5.41) is 15.5. The van der Waals surface area contributed by atoms with Crippen LogP contribution in [-0.4, -0.2) is 30.0 Å². The fourth-order valence-corrected chi connectivity index (χ4v) is 2.26. The molecule has 0 saturated carbocycles. The minimum absolute atomic E-state index is 0.481. The summed E-state index contributed by atoms with van der Waals surface area (Å²) >= 11 is 11.6. The molecule has 96 valence electrons. The van der Waals surface area contributed by atoms with Crippen LogP contribution >= 0.6 is 23.8 Å². The van der Waals surface area contributed by atoms with Gasteiger partial charge in [0, 0.05) is 6.20 Å². The van der Waals surface area contributed by atoms with Gasteiger partial charge in [-0.1, -0.05) is 36.0 Å². The van der Waals surface area contributed by atoms with Crippen LogP contribution in [0.5, 0.6) is 0 Å². The van der Waals surface area contributed by atoms with Crippen molar-refractivity contribution in [1.82, 2.24) is 30.0 Å². The van der Waals surface area contributed by atoms with Gasteiger partial charge in [0.25, 0.3) is 0 Å². The number of hydrogen-bond donors (Lipinski definition) is 1. The van der Waals surface area contributed by atoms with Crippen molar-refractivity contribution in [2.45, 2.75) is 0 Å². The van der Waals surface area contributed by atoms with Crippen LogP contribution in [0.15, 0.2) is 30.5 Å². The molecule has 8 heteroatoms. The zero-order valence-corrected chi connectivity index (χ0v) is 11.5. The Morgan fingerprint density at radius 2 is 2.11 bits per heavy atom. The van der Waals surface area contributed by atoms with E-state index in [2.05, 4.69) is 20.5 Å². The van der Waals surface area contributed by atoms with E-state index in [0.717, 1.165) is 5.69 Å². The number of H-pyrrole nitrogens is 1. The Balaban J connectivity index is 2.15. The summed E-state index contributed by atoms with van der Waals surface area (Å²) in [7, 11) is 1.70. The smallest absolute Gasteiger partial charge is 0.209 e. The molecule has 3 rings (SSSR count). The molecule has 19 heavy (non-hydrogen) atoms. The summed E-state index contributed by atoms with van der Waals surface area (Å²) in [6.45, 7) is 0. The number of nitrogens with one attached hydrogen (secondary N) is 1. The van der Waals surface area contributed by atoms with Crippen molar-refractivity contribution in [1.29, 1.82) is 0 Å². The molecule has 0 aliphatic carbocycles. The molecule has 0 fully saturated rings. The summed E-state index contributed by atoms with van der Waals surface area (Å²) in [4.78, 5) is 1.39. The fourth-order valence-electron chi connectivity index (χ4n) is 1.73. The van der Waals surface area contributed by atoms with Crippen LogP contribution in [0.25, 0.3) is 17.1 Å². The Morgan fingerprint density at radius 3 is 2.79 bits per heavy atom. The largest absolute Gasteiger partial charge is 0.299 e. The van der Waals surface area contributed by atoms with Crippen LogP contribution in [0, 0.1) is 4.64 Å². The molecule has 0 amide bonds. The first kappa shape index (κ1) is 12.1. The Bertz CT molecular complexity index is 786. The van der Waals surface area contributed by atoms with E-state index >= 15 is 0 Å². The zero-order valence-electron chi connectivity index (χ0n) is 9.91. The van der Waals surface area contributed by atoms with Crippen molar-refractivity contribution in [3.63, 3.8) is 0 Å². The second kappa shape index (κ2) is 4.60. The maximum Gasteiger partial charge on any atom is 0.209 e. The lowest BCUT2D eigenvalue weighted by molar-refractivity contribution is 0.630. The van der Waals surface area contributed by atoms with Gasteiger partial charge in [-0.15, -0.1) is 10.2 Å². The lowest BCUT2D eigenvalue weighted by Crippen LogP contribution is -1.96. The lowest BCUT2D eigenvalue weighted by Gasteiger charge is -2.04. The molecule has 0 unspecified atom stereocenters. The maximum atomic E-state index is 6.16. The number of hydrogen-bond acceptors (Lipinski definition) is 4. The number of halogens is 1. The van der Waals surface area contributed by atoms with E-state index in [4.69, 9.17) is 23.8 Å². The molecule has 6 nitrogen and oxygen atoms in total. The van der Waals surface area contributed by atoms with E-state index < -0.39 is 0 Å². The van der Waals surface area contributed by atoms with E-state index in [1.165, 1.54) is 4.80 Å². The van der Waals surface area contributed by atoms with Gasteiger partial charge in [-0.05, 0) is 17.3 Å². The summed E-state index contributed by atoms with van der Waals surface area (Å²) in [6, 6.07) is 7.44. The SMILES string of the molecule is Cn1nnc(-c2c[nH]n(-c3ccccc3Cl)c2=S)n1. The molecule has 0 spiro atoms. The topological polar surface area (TPSA) is 64.3 Å². The van der Waals surface area contributed by atoms with Gasteiger partial charge in [0.2, 0.25) is 5.82 Å². The summed E-state index contributed by atoms with van der Waals surface area (Å²) in [6.07, 6.45) is 1.74. The van der Waals surface area contributed by atoms with E-state index in [-0.39, 0.29) is 0 Å². The minimum Gasteiger partial charge on any atom is -0.299 e. The Morgan fingerprint density at radius 1 is 1.32 bits per heavy atom. The number of nitrogens with zero attached hydrogens (tertiary/aromatic N) is 5. The number of rotatable bonds is 2. The fraction of sp³-hybridized carbons (Fsp3) is 0.0909. The highest BCUT2D eigenvalue weighted by molar-refractivity contribution is 7.71. The van der Waals surface area contributed by atoms with E-state index in [1.807, 2.05) is 18.2 Å². The molecule has 2 aromatic heterocycles.